The van der Waals surface area contributed by atoms with Gasteiger partial charge >= 0.3 is 0 Å². The molecule has 1 heterocycles. The number of nitriles is 1. The van der Waals surface area contributed by atoms with E-state index in [0.29, 0.717) is 19.0 Å². The van der Waals surface area contributed by atoms with E-state index in [1.807, 2.05) is 6.92 Å². The summed E-state index contributed by atoms with van der Waals surface area (Å²) in [4.78, 5) is 16.5. The first-order valence-electron chi connectivity index (χ1n) is 7.85. The molecule has 2 aliphatic rings. The smallest absolute Gasteiger partial charge is 0.235 e. The Morgan fingerprint density at radius 3 is 2.62 bits per heavy atom. The number of nitrogens with zero attached hydrogens (tertiary/aromatic N) is 3. The van der Waals surface area contributed by atoms with Crippen molar-refractivity contribution in [1.29, 1.82) is 5.26 Å². The highest BCUT2D eigenvalue weighted by Gasteiger charge is 2.43. The van der Waals surface area contributed by atoms with Crippen molar-refractivity contribution in [2.24, 2.45) is 5.92 Å². The fourth-order valence-corrected chi connectivity index (χ4v) is 2.96. The molecule has 0 aromatic heterocycles. The van der Waals surface area contributed by atoms with Crippen LogP contribution < -0.4 is 5.32 Å². The van der Waals surface area contributed by atoms with E-state index >= 15 is 0 Å². The molecule has 1 saturated heterocycles. The van der Waals surface area contributed by atoms with Crippen LogP contribution in [0.1, 0.15) is 26.2 Å². The van der Waals surface area contributed by atoms with Gasteiger partial charge in [-0.05, 0) is 45.2 Å². The molecule has 0 spiro atoms. The lowest BCUT2D eigenvalue weighted by Crippen LogP contribution is -2.50. The predicted molar refractivity (Wildman–Crippen MR) is 79.5 cm³/mol. The molecule has 1 aliphatic carbocycles. The zero-order valence-electron chi connectivity index (χ0n) is 12.8. The molecule has 1 saturated carbocycles. The third kappa shape index (κ3) is 4.67. The van der Waals surface area contributed by atoms with Gasteiger partial charge < -0.3 is 10.4 Å². The molecule has 0 radical (unpaired) electrons. The van der Waals surface area contributed by atoms with Crippen molar-refractivity contribution in [3.05, 3.63) is 0 Å². The number of β-amino-alcohol motifs (C(OH)–C–C–N with tert-alkyl or cyclic N) is 1. The predicted octanol–water partition coefficient (Wildman–Crippen LogP) is -0.205. The molecule has 0 bridgehead atoms. The lowest BCUT2D eigenvalue weighted by molar-refractivity contribution is -0.123. The Morgan fingerprint density at radius 1 is 1.33 bits per heavy atom. The van der Waals surface area contributed by atoms with E-state index in [2.05, 4.69) is 21.2 Å². The van der Waals surface area contributed by atoms with Gasteiger partial charge in [0.05, 0.1) is 19.2 Å². The van der Waals surface area contributed by atoms with Gasteiger partial charge in [-0.25, -0.2) is 0 Å². The van der Waals surface area contributed by atoms with Gasteiger partial charge in [0.1, 0.15) is 5.54 Å². The van der Waals surface area contributed by atoms with Gasteiger partial charge in [0.2, 0.25) is 5.91 Å². The summed E-state index contributed by atoms with van der Waals surface area (Å²) in [6, 6.07) is 2.26. The van der Waals surface area contributed by atoms with Gasteiger partial charge in [-0.1, -0.05) is 0 Å². The zero-order valence-corrected chi connectivity index (χ0v) is 12.8. The van der Waals surface area contributed by atoms with Crippen molar-refractivity contribution in [2.75, 3.05) is 45.9 Å². The van der Waals surface area contributed by atoms with Crippen molar-refractivity contribution in [1.82, 2.24) is 15.1 Å². The van der Waals surface area contributed by atoms with E-state index in [1.165, 1.54) is 0 Å². The number of carbonyl (C=O) groups is 1. The van der Waals surface area contributed by atoms with Gasteiger partial charge in [-0.15, -0.1) is 0 Å². The largest absolute Gasteiger partial charge is 0.395 e. The molecule has 2 N–H and O–H groups in total. The normalized spacial score (nSPS) is 23.9. The minimum atomic E-state index is -0.703. The van der Waals surface area contributed by atoms with Gasteiger partial charge in [-0.2, -0.15) is 5.26 Å². The number of aliphatic hydroxyl groups excluding tert-OH is 1. The van der Waals surface area contributed by atoms with Gasteiger partial charge in [0, 0.05) is 19.6 Å². The van der Waals surface area contributed by atoms with Crippen LogP contribution in [-0.2, 0) is 4.79 Å². The van der Waals surface area contributed by atoms with Crippen LogP contribution in [0, 0.1) is 17.2 Å². The summed E-state index contributed by atoms with van der Waals surface area (Å²) in [6.45, 7) is 6.65. The van der Waals surface area contributed by atoms with Crippen LogP contribution in [0.25, 0.3) is 0 Å². The number of amides is 1. The maximum atomic E-state index is 12.2. The highest BCUT2D eigenvalue weighted by atomic mass is 16.3. The summed E-state index contributed by atoms with van der Waals surface area (Å²) in [5.41, 5.74) is -0.703. The summed E-state index contributed by atoms with van der Waals surface area (Å²) in [6.07, 6.45) is 3.07. The molecule has 6 nitrogen and oxygen atoms in total. The third-order valence-electron chi connectivity index (χ3n) is 4.49. The highest BCUT2D eigenvalue weighted by Crippen LogP contribution is 2.39. The average molecular weight is 294 g/mol. The number of rotatable bonds is 6. The van der Waals surface area contributed by atoms with E-state index in [4.69, 9.17) is 5.11 Å². The van der Waals surface area contributed by atoms with Gasteiger partial charge in [0.15, 0.2) is 0 Å². The topological polar surface area (TPSA) is 79.6 Å². The molecular formula is C15H26N4O2. The standard InChI is InChI=1S/C15H26N4O2/c1-15(12-16,13-3-4-13)17-14(21)11-19-6-2-5-18(7-8-19)9-10-20/h13,20H,2-11H2,1H3,(H,17,21). The fraction of sp³-hybridized carbons (Fsp3) is 0.867. The van der Waals surface area contributed by atoms with Crippen LogP contribution in [-0.4, -0.2) is 72.2 Å². The van der Waals surface area contributed by atoms with Crippen LogP contribution >= 0.6 is 0 Å². The molecule has 1 amide bonds. The van der Waals surface area contributed by atoms with Crippen molar-refractivity contribution in [2.45, 2.75) is 31.7 Å². The van der Waals surface area contributed by atoms with Crippen LogP contribution in [0.3, 0.4) is 0 Å². The van der Waals surface area contributed by atoms with Crippen molar-refractivity contribution in [3.8, 4) is 6.07 Å². The van der Waals surface area contributed by atoms with Crippen LogP contribution in [0.5, 0.6) is 0 Å². The van der Waals surface area contributed by atoms with Crippen molar-refractivity contribution in [3.63, 3.8) is 0 Å². The maximum Gasteiger partial charge on any atom is 0.235 e. The fourth-order valence-electron chi connectivity index (χ4n) is 2.96. The number of carbonyl (C=O) groups excluding carboxylic acids is 1. The maximum absolute atomic E-state index is 12.2. The molecule has 0 aromatic rings. The lowest BCUT2D eigenvalue weighted by atomic mass is 9.98. The molecule has 0 aromatic carbocycles. The van der Waals surface area contributed by atoms with Crippen molar-refractivity contribution >= 4 is 5.91 Å². The highest BCUT2D eigenvalue weighted by molar-refractivity contribution is 5.79. The molecule has 6 heteroatoms. The van der Waals surface area contributed by atoms with Crippen LogP contribution in [0.2, 0.25) is 0 Å². The lowest BCUT2D eigenvalue weighted by Gasteiger charge is -2.26. The second-order valence-electron chi connectivity index (χ2n) is 6.33. The number of nitrogens with one attached hydrogen (secondary N) is 1. The van der Waals surface area contributed by atoms with E-state index in [9.17, 15) is 10.1 Å². The van der Waals surface area contributed by atoms with Gasteiger partial charge in [-0.3, -0.25) is 14.6 Å². The zero-order chi connectivity index (χ0) is 15.3. The summed E-state index contributed by atoms with van der Waals surface area (Å²) in [5.74, 6) is 0.261. The molecule has 21 heavy (non-hydrogen) atoms. The molecule has 1 atom stereocenters. The molecular weight excluding hydrogens is 268 g/mol. The summed E-state index contributed by atoms with van der Waals surface area (Å²) in [7, 11) is 0. The molecule has 1 aliphatic heterocycles. The Balaban J connectivity index is 1.78. The minimum absolute atomic E-state index is 0.0541. The Labute approximate surface area is 126 Å². The Bertz CT molecular complexity index is 405. The van der Waals surface area contributed by atoms with E-state index < -0.39 is 5.54 Å². The SMILES string of the molecule is CC(C#N)(NC(=O)CN1CCCN(CCO)CC1)C1CC1. The first-order chi connectivity index (χ1) is 10.1. The average Bonchev–Trinajstić information content (AvgIpc) is 3.27. The Hall–Kier alpha value is -1.16. The first-order valence-corrected chi connectivity index (χ1v) is 7.85. The number of hydrogen-bond donors (Lipinski definition) is 2. The van der Waals surface area contributed by atoms with E-state index in [0.717, 1.165) is 45.4 Å². The first kappa shape index (κ1) is 16.2. The number of hydrogen-bond acceptors (Lipinski definition) is 5. The van der Waals surface area contributed by atoms with E-state index in [-0.39, 0.29) is 12.5 Å². The Kier molecular flexibility index (Phi) is 5.57. The molecule has 2 fully saturated rings. The van der Waals surface area contributed by atoms with Gasteiger partial charge in [0.25, 0.3) is 0 Å². The van der Waals surface area contributed by atoms with Crippen LogP contribution in [0.4, 0.5) is 0 Å². The molecule has 2 rings (SSSR count). The minimum Gasteiger partial charge on any atom is -0.395 e. The monoisotopic (exact) mass is 294 g/mol. The quantitative estimate of drug-likeness (QED) is 0.709. The molecule has 1 unspecified atom stereocenters. The van der Waals surface area contributed by atoms with E-state index in [1.54, 1.807) is 0 Å². The second kappa shape index (κ2) is 7.21. The third-order valence-corrected chi connectivity index (χ3v) is 4.49. The number of aliphatic hydroxyl groups is 1. The van der Waals surface area contributed by atoms with Crippen LogP contribution in [0.15, 0.2) is 0 Å². The molecule has 118 valence electrons. The summed E-state index contributed by atoms with van der Waals surface area (Å²) in [5, 5.41) is 21.2. The van der Waals surface area contributed by atoms with Crippen molar-refractivity contribution < 1.29 is 9.90 Å². The summed E-state index contributed by atoms with van der Waals surface area (Å²) >= 11 is 0. The Morgan fingerprint density at radius 2 is 2.00 bits per heavy atom. The summed E-state index contributed by atoms with van der Waals surface area (Å²) < 4.78 is 0. The second-order valence-corrected chi connectivity index (χ2v) is 6.33.